The molecule has 9 heteroatoms. The Balaban J connectivity index is 1.21. The maximum atomic E-state index is 14.3. The molecule has 0 spiro atoms. The number of fused-ring (bicyclic) bond motifs is 3. The van der Waals surface area contributed by atoms with E-state index in [1.807, 2.05) is 48.6 Å². The summed E-state index contributed by atoms with van der Waals surface area (Å²) in [7, 11) is 4.65. The van der Waals surface area contributed by atoms with Crippen LogP contribution in [-0.4, -0.2) is 49.8 Å². The van der Waals surface area contributed by atoms with Gasteiger partial charge in [-0.3, -0.25) is 24.1 Å². The van der Waals surface area contributed by atoms with E-state index in [2.05, 4.69) is 0 Å². The van der Waals surface area contributed by atoms with Crippen LogP contribution >= 0.6 is 0 Å². The number of nitrogens with zero attached hydrogens (tertiary/aromatic N) is 1. The molecule has 4 atom stereocenters. The lowest BCUT2D eigenvalue weighted by Gasteiger charge is -2.42. The zero-order valence-electron chi connectivity index (χ0n) is 27.6. The SMILES string of the molecule is COc1ccc(OC)c(C=Cc2ccc(N3C(=O)[C@H]4[C@H](CC=C5[C@H](c6ccc(O)c(OC)c6)C6=C(C[C@H]54)C(=O)C(C)=CC6=O)C3=O)cc2)c1. The van der Waals surface area contributed by atoms with E-state index in [1.54, 1.807) is 45.4 Å². The topological polar surface area (TPSA) is 119 Å². The minimum atomic E-state index is -0.697. The largest absolute Gasteiger partial charge is 0.504 e. The van der Waals surface area contributed by atoms with Gasteiger partial charge in [0.2, 0.25) is 11.8 Å². The van der Waals surface area contributed by atoms with Crippen molar-refractivity contribution in [2.75, 3.05) is 26.2 Å². The predicted octanol–water partition coefficient (Wildman–Crippen LogP) is 6.22. The molecule has 1 fully saturated rings. The average Bonchev–Trinajstić information content (AvgIpc) is 3.38. The second kappa shape index (κ2) is 12.4. The van der Waals surface area contributed by atoms with Gasteiger partial charge in [0, 0.05) is 28.2 Å². The molecule has 1 saturated heterocycles. The number of carbonyl (C=O) groups excluding carboxylic acids is 4. The van der Waals surface area contributed by atoms with E-state index in [-0.39, 0.29) is 41.3 Å². The molecule has 0 radical (unpaired) electrons. The molecular weight excluding hydrogens is 622 g/mol. The smallest absolute Gasteiger partial charge is 0.238 e. The van der Waals surface area contributed by atoms with Crippen molar-refractivity contribution in [1.29, 1.82) is 0 Å². The highest BCUT2D eigenvalue weighted by atomic mass is 16.5. The first-order chi connectivity index (χ1) is 23.6. The summed E-state index contributed by atoms with van der Waals surface area (Å²) >= 11 is 0. The molecule has 3 aliphatic carbocycles. The molecule has 4 aliphatic rings. The molecule has 2 amide bonds. The molecule has 1 heterocycles. The van der Waals surface area contributed by atoms with Crippen molar-refractivity contribution in [2.24, 2.45) is 17.8 Å². The average molecular weight is 658 g/mol. The van der Waals surface area contributed by atoms with E-state index in [4.69, 9.17) is 14.2 Å². The number of phenols is 1. The van der Waals surface area contributed by atoms with Crippen molar-refractivity contribution in [3.05, 3.63) is 112 Å². The fraction of sp³-hybridized carbons (Fsp3) is 0.250. The van der Waals surface area contributed by atoms with Crippen molar-refractivity contribution >= 4 is 41.2 Å². The van der Waals surface area contributed by atoms with E-state index < -0.39 is 23.7 Å². The molecule has 0 aromatic heterocycles. The zero-order chi connectivity index (χ0) is 34.6. The number of benzene rings is 3. The third-order valence-corrected chi connectivity index (χ3v) is 10.1. The summed E-state index contributed by atoms with van der Waals surface area (Å²) in [5.74, 6) is -1.88. The monoisotopic (exact) mass is 657 g/mol. The first-order valence-corrected chi connectivity index (χ1v) is 16.1. The molecule has 0 bridgehead atoms. The van der Waals surface area contributed by atoms with Crippen LogP contribution in [0.15, 0.2) is 95.1 Å². The number of phenolic OH excluding ortho intramolecular Hbond substituents is 1. The summed E-state index contributed by atoms with van der Waals surface area (Å²) in [5, 5.41) is 10.3. The van der Waals surface area contributed by atoms with Crippen molar-refractivity contribution in [3.8, 4) is 23.0 Å². The number of Topliss-reactive ketones (excluding diaryl/α,β-unsaturated/α-hetero) is 1. The lowest BCUT2D eigenvalue weighted by atomic mass is 9.59. The van der Waals surface area contributed by atoms with Gasteiger partial charge in [-0.15, -0.1) is 0 Å². The molecule has 1 N–H and O–H groups in total. The van der Waals surface area contributed by atoms with Crippen LogP contribution in [0.25, 0.3) is 12.2 Å². The number of aromatic hydroxyl groups is 1. The van der Waals surface area contributed by atoms with Gasteiger partial charge in [0.1, 0.15) is 11.5 Å². The number of ketones is 2. The van der Waals surface area contributed by atoms with Gasteiger partial charge in [-0.1, -0.05) is 42.0 Å². The van der Waals surface area contributed by atoms with E-state index in [1.165, 1.54) is 24.2 Å². The Hall–Kier alpha value is -5.70. The third-order valence-electron chi connectivity index (χ3n) is 10.1. The fourth-order valence-corrected chi connectivity index (χ4v) is 7.78. The van der Waals surface area contributed by atoms with Crippen LogP contribution in [0, 0.1) is 17.8 Å². The minimum Gasteiger partial charge on any atom is -0.504 e. The number of amides is 2. The van der Waals surface area contributed by atoms with Crippen LogP contribution < -0.4 is 19.1 Å². The highest BCUT2D eigenvalue weighted by molar-refractivity contribution is 6.25. The van der Waals surface area contributed by atoms with Gasteiger partial charge in [-0.05, 0) is 85.4 Å². The number of imide groups is 1. The molecule has 0 unspecified atom stereocenters. The molecule has 49 heavy (non-hydrogen) atoms. The summed E-state index contributed by atoms with van der Waals surface area (Å²) in [6.07, 6.45) is 7.68. The van der Waals surface area contributed by atoms with E-state index in [0.29, 0.717) is 45.9 Å². The van der Waals surface area contributed by atoms with Crippen LogP contribution in [0.2, 0.25) is 0 Å². The zero-order valence-corrected chi connectivity index (χ0v) is 27.6. The summed E-state index contributed by atoms with van der Waals surface area (Å²) in [4.78, 5) is 56.6. The minimum absolute atomic E-state index is 0.0546. The van der Waals surface area contributed by atoms with Crippen molar-refractivity contribution in [1.82, 2.24) is 0 Å². The molecule has 9 nitrogen and oxygen atoms in total. The number of anilines is 1. The lowest BCUT2D eigenvalue weighted by molar-refractivity contribution is -0.123. The van der Waals surface area contributed by atoms with Crippen LogP contribution in [0.5, 0.6) is 23.0 Å². The lowest BCUT2D eigenvalue weighted by Crippen LogP contribution is -2.39. The number of rotatable bonds is 7. The van der Waals surface area contributed by atoms with Gasteiger partial charge < -0.3 is 19.3 Å². The summed E-state index contributed by atoms with van der Waals surface area (Å²) in [6.45, 7) is 1.62. The summed E-state index contributed by atoms with van der Waals surface area (Å²) < 4.78 is 16.2. The second-order valence-electron chi connectivity index (χ2n) is 12.7. The van der Waals surface area contributed by atoms with Crippen LogP contribution in [0.4, 0.5) is 5.69 Å². The fourth-order valence-electron chi connectivity index (χ4n) is 7.78. The number of hydrogen-bond donors (Lipinski definition) is 1. The standard InChI is InChI=1S/C40H35NO8/c1-21-17-32(43)37-30(38(21)44)20-29-27(35(37)24-9-15-31(42)34(19-24)49-4)13-14-28-36(29)40(46)41(39(28)45)25-10-6-22(7-11-25)5-8-23-18-26(47-2)12-16-33(23)48-3/h5-13,15-19,28-29,35-36,42H,14,20H2,1-4H3/t28-,29+,35-,36-/m0/s1. The van der Waals surface area contributed by atoms with Gasteiger partial charge in [0.05, 0.1) is 38.9 Å². The highest BCUT2D eigenvalue weighted by Gasteiger charge is 2.56. The Labute approximate surface area is 283 Å². The van der Waals surface area contributed by atoms with Crippen LogP contribution in [0.1, 0.15) is 42.4 Å². The first kappa shape index (κ1) is 31.9. The molecule has 3 aromatic carbocycles. The second-order valence-corrected chi connectivity index (χ2v) is 12.7. The van der Waals surface area contributed by atoms with E-state index in [9.17, 15) is 24.3 Å². The number of methoxy groups -OCH3 is 3. The van der Waals surface area contributed by atoms with Gasteiger partial charge in [-0.25, -0.2) is 0 Å². The molecule has 7 rings (SSSR count). The Morgan fingerprint density at radius 2 is 1.57 bits per heavy atom. The van der Waals surface area contributed by atoms with Gasteiger partial charge in [-0.2, -0.15) is 0 Å². The van der Waals surface area contributed by atoms with Crippen LogP contribution in [0.3, 0.4) is 0 Å². The number of allylic oxidation sites excluding steroid dienone is 6. The molecule has 1 aliphatic heterocycles. The van der Waals surface area contributed by atoms with E-state index >= 15 is 0 Å². The van der Waals surface area contributed by atoms with Gasteiger partial charge >= 0.3 is 0 Å². The number of hydrogen-bond acceptors (Lipinski definition) is 8. The Morgan fingerprint density at radius 3 is 2.29 bits per heavy atom. The maximum Gasteiger partial charge on any atom is 0.238 e. The maximum absolute atomic E-state index is 14.3. The molecular formula is C40H35NO8. The number of carbonyl (C=O) groups is 4. The van der Waals surface area contributed by atoms with Crippen molar-refractivity contribution < 1.29 is 38.5 Å². The molecule has 248 valence electrons. The van der Waals surface area contributed by atoms with Crippen molar-refractivity contribution in [2.45, 2.75) is 25.7 Å². The van der Waals surface area contributed by atoms with Crippen LogP contribution in [-0.2, 0) is 19.2 Å². The normalized spacial score (nSPS) is 23.2. The third kappa shape index (κ3) is 5.26. The Kier molecular flexibility index (Phi) is 8.06. The molecule has 0 saturated carbocycles. The quantitative estimate of drug-likeness (QED) is 0.138. The Bertz CT molecular complexity index is 2050. The first-order valence-electron chi connectivity index (χ1n) is 16.1. The van der Waals surface area contributed by atoms with Crippen molar-refractivity contribution in [3.63, 3.8) is 0 Å². The summed E-state index contributed by atoms with van der Waals surface area (Å²) in [5.41, 5.74) is 4.77. The molecule has 3 aromatic rings. The van der Waals surface area contributed by atoms with Gasteiger partial charge in [0.25, 0.3) is 0 Å². The van der Waals surface area contributed by atoms with E-state index in [0.717, 1.165) is 16.7 Å². The highest BCUT2D eigenvalue weighted by Crippen LogP contribution is 2.56. The predicted molar refractivity (Wildman–Crippen MR) is 183 cm³/mol. The Morgan fingerprint density at radius 1 is 0.816 bits per heavy atom. The number of ether oxygens (including phenoxy) is 3. The van der Waals surface area contributed by atoms with Gasteiger partial charge in [0.15, 0.2) is 23.1 Å². The summed E-state index contributed by atoms with van der Waals surface area (Å²) in [6, 6.07) is 17.6.